The van der Waals surface area contributed by atoms with Gasteiger partial charge in [0.1, 0.15) is 5.69 Å². The molecule has 0 saturated carbocycles. The van der Waals surface area contributed by atoms with Crippen LogP contribution in [0.2, 0.25) is 0 Å². The predicted molar refractivity (Wildman–Crippen MR) is 71.5 cm³/mol. The Labute approximate surface area is 113 Å². The number of carboxylic acids is 1. The number of carbonyl (C=O) groups excluding carboxylic acids is 1. The third-order valence-corrected chi connectivity index (χ3v) is 4.69. The number of rotatable bonds is 4. The van der Waals surface area contributed by atoms with Gasteiger partial charge in [-0.25, -0.2) is 9.78 Å². The average molecular weight is 286 g/mol. The lowest BCUT2D eigenvalue weighted by Crippen LogP contribution is -2.31. The van der Waals surface area contributed by atoms with Crippen molar-refractivity contribution in [2.75, 3.05) is 18.1 Å². The first kappa shape index (κ1) is 13.4. The van der Waals surface area contributed by atoms with Gasteiger partial charge >= 0.3 is 5.97 Å². The van der Waals surface area contributed by atoms with Crippen molar-refractivity contribution in [1.29, 1.82) is 0 Å². The number of nitrogens with one attached hydrogen (secondary N) is 1. The molecule has 0 spiro atoms. The molecule has 1 fully saturated rings. The Balaban J connectivity index is 1.84. The van der Waals surface area contributed by atoms with Crippen molar-refractivity contribution in [3.8, 4) is 0 Å². The number of aromatic carboxylic acids is 1. The Bertz CT molecular complexity index is 441. The molecule has 0 radical (unpaired) electrons. The second-order valence-corrected chi connectivity index (χ2v) is 6.19. The minimum absolute atomic E-state index is 0.0470. The Morgan fingerprint density at radius 2 is 2.17 bits per heavy atom. The van der Waals surface area contributed by atoms with Crippen LogP contribution in [-0.4, -0.2) is 40.0 Å². The molecule has 98 valence electrons. The minimum Gasteiger partial charge on any atom is -0.476 e. The van der Waals surface area contributed by atoms with Gasteiger partial charge < -0.3 is 10.4 Å². The molecule has 0 unspecified atom stereocenters. The van der Waals surface area contributed by atoms with E-state index in [0.29, 0.717) is 12.5 Å². The molecule has 18 heavy (non-hydrogen) atoms. The predicted octanol–water partition coefficient (Wildman–Crippen LogP) is 1.71. The average Bonchev–Trinajstić information content (AvgIpc) is 2.87. The smallest absolute Gasteiger partial charge is 0.365 e. The van der Waals surface area contributed by atoms with Gasteiger partial charge in [-0.1, -0.05) is 0 Å². The molecule has 5 nitrogen and oxygen atoms in total. The van der Waals surface area contributed by atoms with Crippen LogP contribution in [0, 0.1) is 5.92 Å². The second kappa shape index (κ2) is 6.19. The highest BCUT2D eigenvalue weighted by molar-refractivity contribution is 7.99. The zero-order valence-corrected chi connectivity index (χ0v) is 11.4. The third kappa shape index (κ3) is 3.46. The minimum atomic E-state index is -1.09. The van der Waals surface area contributed by atoms with Crippen LogP contribution >= 0.6 is 23.1 Å². The Morgan fingerprint density at radius 1 is 1.44 bits per heavy atom. The lowest BCUT2D eigenvalue weighted by Gasteiger charge is -2.21. The Kier molecular flexibility index (Phi) is 4.60. The molecule has 0 aliphatic carbocycles. The summed E-state index contributed by atoms with van der Waals surface area (Å²) in [5.41, 5.74) is 0.197. The van der Waals surface area contributed by atoms with E-state index in [0.717, 1.165) is 35.7 Å². The highest BCUT2D eigenvalue weighted by atomic mass is 32.2. The molecule has 1 aromatic rings. The summed E-state index contributed by atoms with van der Waals surface area (Å²) in [4.78, 5) is 26.2. The van der Waals surface area contributed by atoms with Crippen molar-refractivity contribution in [1.82, 2.24) is 10.3 Å². The maximum atomic E-state index is 11.8. The molecule has 1 amide bonds. The monoisotopic (exact) mass is 286 g/mol. The van der Waals surface area contributed by atoms with Crippen LogP contribution in [0.1, 0.15) is 33.1 Å². The maximum Gasteiger partial charge on any atom is 0.365 e. The molecule has 1 saturated heterocycles. The molecular formula is C11H14N2O3S2. The fourth-order valence-corrected chi connectivity index (χ4v) is 3.59. The Morgan fingerprint density at radius 3 is 2.78 bits per heavy atom. The van der Waals surface area contributed by atoms with Gasteiger partial charge in [0, 0.05) is 11.9 Å². The SMILES string of the molecule is O=C(NCC1CCSCC1)c1csc(C(=O)O)n1. The van der Waals surface area contributed by atoms with E-state index < -0.39 is 5.97 Å². The lowest BCUT2D eigenvalue weighted by atomic mass is 10.0. The number of amides is 1. The lowest BCUT2D eigenvalue weighted by molar-refractivity contribution is 0.0696. The van der Waals surface area contributed by atoms with Crippen LogP contribution in [0.15, 0.2) is 5.38 Å². The largest absolute Gasteiger partial charge is 0.476 e. The van der Waals surface area contributed by atoms with Crippen LogP contribution in [0.5, 0.6) is 0 Å². The number of nitrogens with zero attached hydrogens (tertiary/aromatic N) is 1. The molecule has 0 bridgehead atoms. The summed E-state index contributed by atoms with van der Waals surface area (Å²) in [6, 6.07) is 0. The van der Waals surface area contributed by atoms with Crippen molar-refractivity contribution in [3.63, 3.8) is 0 Å². The van der Waals surface area contributed by atoms with Crippen LogP contribution in [-0.2, 0) is 0 Å². The quantitative estimate of drug-likeness (QED) is 0.881. The van der Waals surface area contributed by atoms with E-state index in [1.807, 2.05) is 11.8 Å². The van der Waals surface area contributed by atoms with Gasteiger partial charge in [-0.05, 0) is 30.3 Å². The molecule has 2 N–H and O–H groups in total. The summed E-state index contributed by atoms with van der Waals surface area (Å²) in [7, 11) is 0. The summed E-state index contributed by atoms with van der Waals surface area (Å²) in [5.74, 6) is 1.47. The van der Waals surface area contributed by atoms with Gasteiger partial charge in [0.2, 0.25) is 5.01 Å². The summed E-state index contributed by atoms with van der Waals surface area (Å²) < 4.78 is 0. The van der Waals surface area contributed by atoms with Crippen molar-refractivity contribution in [2.24, 2.45) is 5.92 Å². The molecule has 1 aliphatic rings. The normalized spacial score (nSPS) is 16.4. The first-order valence-corrected chi connectivity index (χ1v) is 7.75. The number of carboxylic acid groups (broad SMARTS) is 1. The number of thioether (sulfide) groups is 1. The number of carbonyl (C=O) groups is 2. The van der Waals surface area contributed by atoms with Gasteiger partial charge in [0.25, 0.3) is 5.91 Å². The highest BCUT2D eigenvalue weighted by Crippen LogP contribution is 2.22. The van der Waals surface area contributed by atoms with Gasteiger partial charge in [-0.2, -0.15) is 11.8 Å². The molecule has 2 heterocycles. The van der Waals surface area contributed by atoms with Crippen LogP contribution in [0.4, 0.5) is 0 Å². The van der Waals surface area contributed by atoms with Gasteiger partial charge in [0.15, 0.2) is 0 Å². The van der Waals surface area contributed by atoms with E-state index in [4.69, 9.17) is 5.11 Å². The molecule has 7 heteroatoms. The Hall–Kier alpha value is -1.08. The van der Waals surface area contributed by atoms with E-state index in [2.05, 4.69) is 10.3 Å². The summed E-state index contributed by atoms with van der Waals surface area (Å²) >= 11 is 2.92. The zero-order chi connectivity index (χ0) is 13.0. The molecule has 1 aromatic heterocycles. The number of thiazole rings is 1. The molecule has 1 aliphatic heterocycles. The third-order valence-electron chi connectivity index (χ3n) is 2.81. The molecule has 0 atom stereocenters. The maximum absolute atomic E-state index is 11.8. The highest BCUT2D eigenvalue weighted by Gasteiger charge is 2.17. The molecule has 0 aromatic carbocycles. The number of aromatic nitrogens is 1. The van der Waals surface area contributed by atoms with E-state index in [9.17, 15) is 9.59 Å². The van der Waals surface area contributed by atoms with Crippen LogP contribution < -0.4 is 5.32 Å². The number of hydrogen-bond acceptors (Lipinski definition) is 5. The standard InChI is InChI=1S/C11H14N2O3S2/c14-9(8-6-18-10(13-8)11(15)16)12-5-7-1-3-17-4-2-7/h6-7H,1-5H2,(H,12,14)(H,15,16). The summed E-state index contributed by atoms with van der Waals surface area (Å²) in [6.45, 7) is 0.652. The van der Waals surface area contributed by atoms with Gasteiger partial charge in [0.05, 0.1) is 0 Å². The zero-order valence-electron chi connectivity index (χ0n) is 9.72. The van der Waals surface area contributed by atoms with Gasteiger partial charge in [-0.3, -0.25) is 4.79 Å². The van der Waals surface area contributed by atoms with E-state index in [-0.39, 0.29) is 16.6 Å². The van der Waals surface area contributed by atoms with E-state index in [1.54, 1.807) is 0 Å². The van der Waals surface area contributed by atoms with Crippen molar-refractivity contribution in [3.05, 3.63) is 16.1 Å². The summed E-state index contributed by atoms with van der Waals surface area (Å²) in [5, 5.41) is 13.0. The fourth-order valence-electron chi connectivity index (χ4n) is 1.75. The van der Waals surface area contributed by atoms with E-state index >= 15 is 0 Å². The first-order chi connectivity index (χ1) is 8.66. The van der Waals surface area contributed by atoms with Crippen LogP contribution in [0.3, 0.4) is 0 Å². The topological polar surface area (TPSA) is 79.3 Å². The summed E-state index contributed by atoms with van der Waals surface area (Å²) in [6.07, 6.45) is 2.25. The number of hydrogen-bond donors (Lipinski definition) is 2. The fraction of sp³-hybridized carbons (Fsp3) is 0.545. The van der Waals surface area contributed by atoms with Gasteiger partial charge in [-0.15, -0.1) is 11.3 Å². The van der Waals surface area contributed by atoms with Crippen molar-refractivity contribution in [2.45, 2.75) is 12.8 Å². The van der Waals surface area contributed by atoms with Crippen molar-refractivity contribution < 1.29 is 14.7 Å². The molecular weight excluding hydrogens is 272 g/mol. The van der Waals surface area contributed by atoms with E-state index in [1.165, 1.54) is 5.38 Å². The molecule has 2 rings (SSSR count). The first-order valence-electron chi connectivity index (χ1n) is 5.71. The second-order valence-electron chi connectivity index (χ2n) is 4.11. The van der Waals surface area contributed by atoms with Crippen molar-refractivity contribution >= 4 is 35.0 Å². The van der Waals surface area contributed by atoms with Crippen LogP contribution in [0.25, 0.3) is 0 Å².